The van der Waals surface area contributed by atoms with Crippen LogP contribution in [0.3, 0.4) is 0 Å². The van der Waals surface area contributed by atoms with Gasteiger partial charge < -0.3 is 4.74 Å². The van der Waals surface area contributed by atoms with Gasteiger partial charge in [-0.25, -0.2) is 5.01 Å². The van der Waals surface area contributed by atoms with E-state index in [1.165, 1.54) is 35.2 Å². The van der Waals surface area contributed by atoms with Gasteiger partial charge in [0.25, 0.3) is 0 Å². The molecular formula is C23H25BrN2O. The Morgan fingerprint density at radius 1 is 1.11 bits per heavy atom. The Labute approximate surface area is 169 Å². The van der Waals surface area contributed by atoms with E-state index in [1.54, 1.807) is 0 Å². The summed E-state index contributed by atoms with van der Waals surface area (Å²) in [6.07, 6.45) is 5.43. The summed E-state index contributed by atoms with van der Waals surface area (Å²) in [5, 5.41) is 7.46. The van der Waals surface area contributed by atoms with Crippen LogP contribution in [0.25, 0.3) is 0 Å². The van der Waals surface area contributed by atoms with Crippen molar-refractivity contribution in [2.75, 3.05) is 0 Å². The summed E-state index contributed by atoms with van der Waals surface area (Å²) in [7, 11) is 0. The first-order valence-electron chi connectivity index (χ1n) is 9.96. The van der Waals surface area contributed by atoms with Gasteiger partial charge in [-0.15, -0.1) is 0 Å². The van der Waals surface area contributed by atoms with Gasteiger partial charge in [0.2, 0.25) is 0 Å². The van der Waals surface area contributed by atoms with E-state index in [0.717, 1.165) is 35.4 Å². The van der Waals surface area contributed by atoms with Crippen molar-refractivity contribution in [3.05, 3.63) is 63.6 Å². The third-order valence-electron chi connectivity index (χ3n) is 6.40. The maximum atomic E-state index is 6.68. The Hall–Kier alpha value is -1.81. The summed E-state index contributed by atoms with van der Waals surface area (Å²) in [5.41, 5.74) is 4.65. The highest BCUT2D eigenvalue weighted by Crippen LogP contribution is 2.52. The smallest absolute Gasteiger partial charge is 0.198 e. The van der Waals surface area contributed by atoms with E-state index in [9.17, 15) is 0 Å². The van der Waals surface area contributed by atoms with E-state index in [0.29, 0.717) is 0 Å². The van der Waals surface area contributed by atoms with Crippen molar-refractivity contribution in [1.29, 1.82) is 0 Å². The number of rotatable bonds is 1. The molecule has 1 saturated carbocycles. The first-order valence-corrected chi connectivity index (χ1v) is 10.8. The third-order valence-corrected chi connectivity index (χ3v) is 6.89. The van der Waals surface area contributed by atoms with Crippen LogP contribution in [0.2, 0.25) is 0 Å². The fourth-order valence-corrected chi connectivity index (χ4v) is 5.10. The molecule has 5 rings (SSSR count). The molecule has 1 spiro atoms. The van der Waals surface area contributed by atoms with Gasteiger partial charge in [0.1, 0.15) is 5.75 Å². The fraction of sp³-hybridized carbons (Fsp3) is 0.435. The predicted octanol–water partition coefficient (Wildman–Crippen LogP) is 6.21. The number of benzene rings is 2. The molecule has 0 N–H and O–H groups in total. The van der Waals surface area contributed by atoms with Crippen LogP contribution in [0.4, 0.5) is 0 Å². The van der Waals surface area contributed by atoms with Gasteiger partial charge in [-0.2, -0.15) is 5.10 Å². The number of aryl methyl sites for hydroxylation is 1. The molecular weight excluding hydrogens is 400 g/mol. The molecule has 0 radical (unpaired) electrons. The third kappa shape index (κ3) is 2.89. The zero-order valence-corrected chi connectivity index (χ0v) is 17.5. The van der Waals surface area contributed by atoms with Gasteiger partial charge in [0.05, 0.1) is 11.8 Å². The highest BCUT2D eigenvalue weighted by atomic mass is 79.9. The normalized spacial score (nSPS) is 29.1. The van der Waals surface area contributed by atoms with Gasteiger partial charge in [0.15, 0.2) is 5.72 Å². The lowest BCUT2D eigenvalue weighted by molar-refractivity contribution is -0.145. The van der Waals surface area contributed by atoms with Crippen LogP contribution in [-0.2, 0) is 0 Å². The zero-order chi connectivity index (χ0) is 18.6. The van der Waals surface area contributed by atoms with Crippen LogP contribution in [0, 0.1) is 12.8 Å². The van der Waals surface area contributed by atoms with E-state index >= 15 is 0 Å². The number of hydrogen-bond donors (Lipinski definition) is 0. The highest BCUT2D eigenvalue weighted by molar-refractivity contribution is 9.10. The Bertz CT molecular complexity index is 897. The van der Waals surface area contributed by atoms with Gasteiger partial charge >= 0.3 is 0 Å². The predicted molar refractivity (Wildman–Crippen MR) is 112 cm³/mol. The summed E-state index contributed by atoms with van der Waals surface area (Å²) in [5.74, 6) is 1.81. The van der Waals surface area contributed by atoms with Gasteiger partial charge in [-0.3, -0.25) is 0 Å². The monoisotopic (exact) mass is 424 g/mol. The average Bonchev–Trinajstić information content (AvgIpc) is 3.12. The lowest BCUT2D eigenvalue weighted by Gasteiger charge is -2.50. The second-order valence-corrected chi connectivity index (χ2v) is 9.31. The molecule has 3 aliphatic rings. The van der Waals surface area contributed by atoms with Crippen LogP contribution in [0.1, 0.15) is 61.8 Å². The van der Waals surface area contributed by atoms with Crippen LogP contribution >= 0.6 is 15.9 Å². The minimum absolute atomic E-state index is 0.260. The van der Waals surface area contributed by atoms with Crippen molar-refractivity contribution in [2.45, 2.75) is 57.7 Å². The van der Waals surface area contributed by atoms with Crippen LogP contribution < -0.4 is 4.74 Å². The van der Waals surface area contributed by atoms with E-state index in [2.05, 4.69) is 77.3 Å². The van der Waals surface area contributed by atoms with E-state index in [1.807, 2.05) is 0 Å². The summed E-state index contributed by atoms with van der Waals surface area (Å²) in [6, 6.07) is 15.4. The first-order chi connectivity index (χ1) is 13.0. The molecule has 0 bridgehead atoms. The number of nitrogens with zero attached hydrogens (tertiary/aromatic N) is 2. The van der Waals surface area contributed by atoms with Crippen LogP contribution in [-0.4, -0.2) is 16.4 Å². The number of fused-ring (bicyclic) bond motifs is 4. The van der Waals surface area contributed by atoms with Gasteiger partial charge in [-0.1, -0.05) is 52.7 Å². The second-order valence-electron chi connectivity index (χ2n) is 8.39. The molecule has 3 nitrogen and oxygen atoms in total. The number of hydrazone groups is 1. The molecule has 0 saturated heterocycles. The molecule has 2 aliphatic heterocycles. The molecule has 0 aromatic heterocycles. The van der Waals surface area contributed by atoms with Crippen molar-refractivity contribution in [1.82, 2.24) is 5.01 Å². The fourth-order valence-electron chi connectivity index (χ4n) is 4.72. The molecule has 0 unspecified atom stereocenters. The van der Waals surface area contributed by atoms with Gasteiger partial charge in [0, 0.05) is 29.3 Å². The first kappa shape index (κ1) is 17.3. The topological polar surface area (TPSA) is 24.8 Å². The number of hydrogen-bond acceptors (Lipinski definition) is 3. The standard InChI is InChI=1S/C23H25BrN2O/c1-15-3-5-17(6-4-15)20-14-21-19-13-18(24)7-8-22(19)27-23(26(21)25-20)11-9-16(2)10-12-23/h3-8,13,16,21H,9-12,14H2,1-2H3/t16?,21-,23?/m0/s1. The van der Waals surface area contributed by atoms with Crippen LogP contribution in [0.15, 0.2) is 52.0 Å². The summed E-state index contributed by atoms with van der Waals surface area (Å²) in [4.78, 5) is 0. The largest absolute Gasteiger partial charge is 0.466 e. The second kappa shape index (κ2) is 6.37. The molecule has 1 aliphatic carbocycles. The Kier molecular flexibility index (Phi) is 4.08. The highest BCUT2D eigenvalue weighted by Gasteiger charge is 2.51. The quantitative estimate of drug-likeness (QED) is 0.543. The summed E-state index contributed by atoms with van der Waals surface area (Å²) in [6.45, 7) is 4.48. The minimum atomic E-state index is -0.287. The molecule has 4 heteroatoms. The maximum absolute atomic E-state index is 6.68. The molecule has 140 valence electrons. The van der Waals surface area contributed by atoms with Crippen molar-refractivity contribution in [2.24, 2.45) is 11.0 Å². The van der Waals surface area contributed by atoms with Crippen LogP contribution in [0.5, 0.6) is 5.75 Å². The SMILES string of the molecule is Cc1ccc(C2=NN3[C@@H](C2)c2cc(Br)ccc2OC32CCC(C)CC2)cc1. The molecule has 0 amide bonds. The van der Waals surface area contributed by atoms with Crippen molar-refractivity contribution < 1.29 is 4.74 Å². The molecule has 2 heterocycles. The van der Waals surface area contributed by atoms with Crippen molar-refractivity contribution >= 4 is 21.6 Å². The zero-order valence-electron chi connectivity index (χ0n) is 15.9. The average molecular weight is 425 g/mol. The Morgan fingerprint density at radius 2 is 1.85 bits per heavy atom. The Morgan fingerprint density at radius 3 is 2.59 bits per heavy atom. The molecule has 1 atom stereocenters. The van der Waals surface area contributed by atoms with Gasteiger partial charge in [-0.05, 0) is 49.4 Å². The minimum Gasteiger partial charge on any atom is -0.466 e. The van der Waals surface area contributed by atoms with Crippen molar-refractivity contribution in [3.63, 3.8) is 0 Å². The Balaban J connectivity index is 1.58. The maximum Gasteiger partial charge on any atom is 0.198 e. The number of halogens is 1. The molecule has 2 aromatic carbocycles. The van der Waals surface area contributed by atoms with E-state index in [-0.39, 0.29) is 11.8 Å². The van der Waals surface area contributed by atoms with Crippen molar-refractivity contribution in [3.8, 4) is 5.75 Å². The van der Waals surface area contributed by atoms with E-state index < -0.39 is 0 Å². The lowest BCUT2D eigenvalue weighted by atomic mass is 9.82. The lowest BCUT2D eigenvalue weighted by Crippen LogP contribution is -2.55. The molecule has 2 aromatic rings. The number of ether oxygens (including phenoxy) is 1. The molecule has 1 fully saturated rings. The summed E-state index contributed by atoms with van der Waals surface area (Å²) >= 11 is 3.64. The molecule has 27 heavy (non-hydrogen) atoms. The van der Waals surface area contributed by atoms with E-state index in [4.69, 9.17) is 9.84 Å². The summed E-state index contributed by atoms with van der Waals surface area (Å²) < 4.78 is 7.78.